The molecule has 90 valence electrons. The molecule has 1 aromatic rings. The average molecular weight is 390 g/mol. The van der Waals surface area contributed by atoms with E-state index in [2.05, 4.69) is 31.9 Å². The van der Waals surface area contributed by atoms with Gasteiger partial charge in [-0.3, -0.25) is 0 Å². The minimum absolute atomic E-state index is 0.0913. The van der Waals surface area contributed by atoms with Crippen LogP contribution in [0.25, 0.3) is 0 Å². The molecule has 7 heteroatoms. The largest absolute Gasteiger partial charge is 0.388 e. The first-order valence-corrected chi connectivity index (χ1v) is 8.94. The van der Waals surface area contributed by atoms with Crippen LogP contribution in [0.4, 0.5) is 0 Å². The Balaban J connectivity index is 2.20. The molecule has 0 amide bonds. The van der Waals surface area contributed by atoms with Gasteiger partial charge in [0.25, 0.3) is 0 Å². The van der Waals surface area contributed by atoms with Gasteiger partial charge >= 0.3 is 0 Å². The molecule has 1 aromatic heterocycles. The van der Waals surface area contributed by atoms with Gasteiger partial charge in [-0.1, -0.05) is 0 Å². The summed E-state index contributed by atoms with van der Waals surface area (Å²) in [6.45, 7) is 0. The van der Waals surface area contributed by atoms with E-state index >= 15 is 0 Å². The monoisotopic (exact) mass is 388 g/mol. The van der Waals surface area contributed by atoms with Crippen molar-refractivity contribution in [1.82, 2.24) is 0 Å². The van der Waals surface area contributed by atoms with Gasteiger partial charge in [-0.25, -0.2) is 8.42 Å². The lowest BCUT2D eigenvalue weighted by Crippen LogP contribution is -2.14. The fraction of sp³-hybridized carbons (Fsp3) is 0.556. The molecular formula is C9H10Br2O3S2. The third-order valence-electron chi connectivity index (χ3n) is 2.72. The Morgan fingerprint density at radius 3 is 2.62 bits per heavy atom. The lowest BCUT2D eigenvalue weighted by molar-refractivity contribution is 0.121. The first-order chi connectivity index (χ1) is 7.39. The van der Waals surface area contributed by atoms with Gasteiger partial charge in [-0.05, 0) is 44.3 Å². The van der Waals surface area contributed by atoms with Gasteiger partial charge in [0.1, 0.15) is 0 Å². The van der Waals surface area contributed by atoms with Crippen LogP contribution in [0.2, 0.25) is 0 Å². The van der Waals surface area contributed by atoms with Crippen LogP contribution in [0.3, 0.4) is 0 Å². The number of hydrogen-bond acceptors (Lipinski definition) is 4. The molecule has 2 atom stereocenters. The minimum atomic E-state index is -2.94. The zero-order valence-electron chi connectivity index (χ0n) is 8.19. The first kappa shape index (κ1) is 13.0. The Morgan fingerprint density at radius 2 is 2.19 bits per heavy atom. The lowest BCUT2D eigenvalue weighted by Gasteiger charge is -2.15. The van der Waals surface area contributed by atoms with Gasteiger partial charge in [-0.15, -0.1) is 11.3 Å². The maximum Gasteiger partial charge on any atom is 0.150 e. The summed E-state index contributed by atoms with van der Waals surface area (Å²) in [6, 6.07) is 1.84. The Bertz CT molecular complexity index is 495. The molecule has 16 heavy (non-hydrogen) atoms. The standard InChI is InChI=1S/C9H10Br2O3S2/c10-7-3-6(9(11)15-7)8(12)5-1-2-16(13,14)4-5/h3,5,8,12H,1-2,4H2. The molecule has 1 aliphatic rings. The van der Waals surface area contributed by atoms with E-state index in [-0.39, 0.29) is 17.4 Å². The van der Waals surface area contributed by atoms with Crippen LogP contribution in [-0.2, 0) is 9.84 Å². The van der Waals surface area contributed by atoms with Crippen LogP contribution in [-0.4, -0.2) is 25.0 Å². The van der Waals surface area contributed by atoms with Gasteiger partial charge < -0.3 is 5.11 Å². The van der Waals surface area contributed by atoms with E-state index in [9.17, 15) is 13.5 Å². The first-order valence-electron chi connectivity index (χ1n) is 4.72. The molecule has 0 aromatic carbocycles. The highest BCUT2D eigenvalue weighted by Crippen LogP contribution is 2.40. The molecule has 2 heterocycles. The number of halogens is 2. The fourth-order valence-corrected chi connectivity index (χ4v) is 6.62. The molecule has 0 radical (unpaired) electrons. The molecular weight excluding hydrogens is 380 g/mol. The van der Waals surface area contributed by atoms with Crippen LogP contribution in [0.15, 0.2) is 13.6 Å². The molecule has 3 nitrogen and oxygen atoms in total. The van der Waals surface area contributed by atoms with E-state index in [1.807, 2.05) is 6.07 Å². The lowest BCUT2D eigenvalue weighted by atomic mass is 9.97. The van der Waals surface area contributed by atoms with Gasteiger partial charge in [0.05, 0.1) is 25.2 Å². The van der Waals surface area contributed by atoms with Crippen molar-refractivity contribution < 1.29 is 13.5 Å². The van der Waals surface area contributed by atoms with Crippen LogP contribution >= 0.6 is 43.2 Å². The van der Waals surface area contributed by atoms with Crippen molar-refractivity contribution in [1.29, 1.82) is 0 Å². The van der Waals surface area contributed by atoms with Gasteiger partial charge in [0.15, 0.2) is 9.84 Å². The quantitative estimate of drug-likeness (QED) is 0.845. The topological polar surface area (TPSA) is 54.4 Å². The van der Waals surface area contributed by atoms with Crippen LogP contribution in [0, 0.1) is 5.92 Å². The molecule has 1 aliphatic heterocycles. The summed E-state index contributed by atoms with van der Waals surface area (Å²) in [4.78, 5) is 0. The van der Waals surface area contributed by atoms with E-state index in [0.29, 0.717) is 6.42 Å². The molecule has 1 N–H and O–H groups in total. The summed E-state index contributed by atoms with van der Waals surface area (Å²) in [5.41, 5.74) is 0.777. The molecule has 0 aliphatic carbocycles. The summed E-state index contributed by atoms with van der Waals surface area (Å²) in [6.07, 6.45) is -0.155. The third-order valence-corrected chi connectivity index (χ3v) is 6.90. The molecule has 0 spiro atoms. The summed E-state index contributed by atoms with van der Waals surface area (Å²) in [7, 11) is -2.94. The van der Waals surface area contributed by atoms with Crippen molar-refractivity contribution in [3.63, 3.8) is 0 Å². The molecule has 1 fully saturated rings. The normalized spacial score (nSPS) is 25.8. The highest BCUT2D eigenvalue weighted by molar-refractivity contribution is 9.12. The SMILES string of the molecule is O=S1(=O)CCC(C(O)c2cc(Br)sc2Br)C1. The minimum Gasteiger partial charge on any atom is -0.388 e. The third kappa shape index (κ3) is 2.69. The number of aliphatic hydroxyl groups is 1. The molecule has 0 bridgehead atoms. The van der Waals surface area contributed by atoms with Gasteiger partial charge in [-0.2, -0.15) is 0 Å². The van der Waals surface area contributed by atoms with E-state index < -0.39 is 15.9 Å². The number of thiophene rings is 1. The Labute approximate surface area is 115 Å². The number of aliphatic hydroxyl groups excluding tert-OH is 1. The van der Waals surface area contributed by atoms with Crippen LogP contribution in [0.5, 0.6) is 0 Å². The Hall–Kier alpha value is 0.570. The zero-order chi connectivity index (χ0) is 11.9. The predicted molar refractivity (Wildman–Crippen MR) is 71.4 cm³/mol. The van der Waals surface area contributed by atoms with Crippen LogP contribution in [0.1, 0.15) is 18.1 Å². The summed E-state index contributed by atoms with van der Waals surface area (Å²) in [5, 5.41) is 10.1. The van der Waals surface area contributed by atoms with Crippen LogP contribution < -0.4 is 0 Å². The van der Waals surface area contributed by atoms with E-state index in [1.165, 1.54) is 11.3 Å². The Kier molecular flexibility index (Phi) is 3.81. The molecule has 2 rings (SSSR count). The second-order valence-corrected chi connectivity index (χ2v) is 9.87. The maximum atomic E-state index is 11.3. The van der Waals surface area contributed by atoms with Crippen molar-refractivity contribution in [2.45, 2.75) is 12.5 Å². The maximum absolute atomic E-state index is 11.3. The highest BCUT2D eigenvalue weighted by atomic mass is 79.9. The Morgan fingerprint density at radius 1 is 1.50 bits per heavy atom. The van der Waals surface area contributed by atoms with Crippen molar-refractivity contribution in [2.24, 2.45) is 5.92 Å². The van der Waals surface area contributed by atoms with Crippen molar-refractivity contribution in [3.8, 4) is 0 Å². The summed E-state index contributed by atoms with van der Waals surface area (Å²) in [5.74, 6) is 0.105. The van der Waals surface area contributed by atoms with Gasteiger partial charge in [0, 0.05) is 11.5 Å². The van der Waals surface area contributed by atoms with E-state index in [4.69, 9.17) is 0 Å². The number of rotatable bonds is 2. The highest BCUT2D eigenvalue weighted by Gasteiger charge is 2.34. The predicted octanol–water partition coefficient (Wildman–Crippen LogP) is 2.74. The fourth-order valence-electron chi connectivity index (χ4n) is 1.88. The molecule has 2 unspecified atom stereocenters. The smallest absolute Gasteiger partial charge is 0.150 e. The van der Waals surface area contributed by atoms with Gasteiger partial charge in [0.2, 0.25) is 0 Å². The van der Waals surface area contributed by atoms with E-state index in [1.54, 1.807) is 0 Å². The molecule has 0 saturated carbocycles. The van der Waals surface area contributed by atoms with E-state index in [0.717, 1.165) is 13.1 Å². The summed E-state index contributed by atoms with van der Waals surface area (Å²) >= 11 is 8.19. The second kappa shape index (κ2) is 4.68. The summed E-state index contributed by atoms with van der Waals surface area (Å²) < 4.78 is 24.5. The molecule has 1 saturated heterocycles. The van der Waals surface area contributed by atoms with Crippen molar-refractivity contribution in [2.75, 3.05) is 11.5 Å². The number of sulfone groups is 1. The zero-order valence-corrected chi connectivity index (χ0v) is 13.0. The second-order valence-electron chi connectivity index (χ2n) is 3.89. The average Bonchev–Trinajstić information content (AvgIpc) is 2.68. The number of hydrogen-bond donors (Lipinski definition) is 1. The van der Waals surface area contributed by atoms with Crippen molar-refractivity contribution in [3.05, 3.63) is 19.2 Å². The van der Waals surface area contributed by atoms with Crippen molar-refractivity contribution >= 4 is 53.0 Å².